The topological polar surface area (TPSA) is 76.8 Å². The molecular formula is C20H22N6O. The number of anilines is 1. The Hall–Kier alpha value is -3.09. The van der Waals surface area contributed by atoms with E-state index in [-0.39, 0.29) is 5.56 Å². The van der Waals surface area contributed by atoms with Crippen LogP contribution in [0.1, 0.15) is 18.5 Å². The van der Waals surface area contributed by atoms with Gasteiger partial charge in [-0.2, -0.15) is 5.10 Å². The summed E-state index contributed by atoms with van der Waals surface area (Å²) < 4.78 is 1.60. The number of aryl methyl sites for hydroxylation is 1. The summed E-state index contributed by atoms with van der Waals surface area (Å²) in [4.78, 5) is 27.3. The summed E-state index contributed by atoms with van der Waals surface area (Å²) in [6.07, 6.45) is 9.11. The first kappa shape index (κ1) is 17.3. The van der Waals surface area contributed by atoms with Gasteiger partial charge in [-0.1, -0.05) is 0 Å². The lowest BCUT2D eigenvalue weighted by Crippen LogP contribution is -2.37. The molecule has 0 atom stereocenters. The lowest BCUT2D eigenvalue weighted by Gasteiger charge is -2.32. The fourth-order valence-corrected chi connectivity index (χ4v) is 3.39. The van der Waals surface area contributed by atoms with Crippen LogP contribution in [-0.2, 0) is 6.54 Å². The number of aromatic nitrogens is 5. The second-order valence-electron chi connectivity index (χ2n) is 6.92. The minimum absolute atomic E-state index is 0.0559. The van der Waals surface area contributed by atoms with Crippen molar-refractivity contribution in [2.24, 2.45) is 5.92 Å². The molecule has 1 fully saturated rings. The van der Waals surface area contributed by atoms with Crippen LogP contribution in [0, 0.1) is 12.8 Å². The Labute approximate surface area is 157 Å². The van der Waals surface area contributed by atoms with Crippen LogP contribution in [0.3, 0.4) is 0 Å². The maximum atomic E-state index is 12.3. The molecule has 0 aliphatic carbocycles. The minimum atomic E-state index is -0.0559. The fourth-order valence-electron chi connectivity index (χ4n) is 3.39. The molecule has 0 amide bonds. The highest BCUT2D eigenvalue weighted by Gasteiger charge is 2.21. The number of piperidine rings is 1. The predicted molar refractivity (Wildman–Crippen MR) is 103 cm³/mol. The lowest BCUT2D eigenvalue weighted by molar-refractivity contribution is 0.335. The first-order valence-corrected chi connectivity index (χ1v) is 9.21. The quantitative estimate of drug-likeness (QED) is 0.709. The average molecular weight is 362 g/mol. The van der Waals surface area contributed by atoms with Gasteiger partial charge in [-0.15, -0.1) is 0 Å². The van der Waals surface area contributed by atoms with Gasteiger partial charge in [0.2, 0.25) is 0 Å². The molecule has 138 valence electrons. The van der Waals surface area contributed by atoms with E-state index in [1.807, 2.05) is 25.3 Å². The molecule has 0 saturated carbocycles. The van der Waals surface area contributed by atoms with Crippen LogP contribution >= 0.6 is 0 Å². The van der Waals surface area contributed by atoms with Crippen molar-refractivity contribution in [2.75, 3.05) is 18.0 Å². The molecule has 7 heteroatoms. The third kappa shape index (κ3) is 4.02. The molecule has 0 spiro atoms. The molecule has 3 aromatic rings. The third-order valence-corrected chi connectivity index (χ3v) is 4.98. The number of rotatable bonds is 4. The Morgan fingerprint density at radius 1 is 1.04 bits per heavy atom. The summed E-state index contributed by atoms with van der Waals surface area (Å²) in [5.74, 6) is 1.35. The second kappa shape index (κ2) is 7.65. The van der Waals surface area contributed by atoms with Crippen LogP contribution in [0.15, 0.2) is 53.8 Å². The van der Waals surface area contributed by atoms with Crippen LogP contribution in [0.25, 0.3) is 11.3 Å². The van der Waals surface area contributed by atoms with Gasteiger partial charge in [0.05, 0.1) is 23.8 Å². The normalized spacial score (nSPS) is 15.1. The van der Waals surface area contributed by atoms with E-state index in [2.05, 4.69) is 25.0 Å². The highest BCUT2D eigenvalue weighted by atomic mass is 16.1. The van der Waals surface area contributed by atoms with E-state index in [1.54, 1.807) is 35.4 Å². The molecule has 7 nitrogen and oxygen atoms in total. The molecule has 1 aliphatic rings. The van der Waals surface area contributed by atoms with Crippen LogP contribution in [0.5, 0.6) is 0 Å². The molecule has 0 aromatic carbocycles. The highest BCUT2D eigenvalue weighted by Crippen LogP contribution is 2.22. The number of pyridine rings is 1. The fraction of sp³-hybridized carbons (Fsp3) is 0.350. The third-order valence-electron chi connectivity index (χ3n) is 4.98. The van der Waals surface area contributed by atoms with Gasteiger partial charge >= 0.3 is 0 Å². The van der Waals surface area contributed by atoms with E-state index < -0.39 is 0 Å². The van der Waals surface area contributed by atoms with Gasteiger partial charge in [0.15, 0.2) is 0 Å². The van der Waals surface area contributed by atoms with Gasteiger partial charge < -0.3 is 4.90 Å². The zero-order valence-corrected chi connectivity index (χ0v) is 15.3. The number of hydrogen-bond acceptors (Lipinski definition) is 6. The molecule has 1 saturated heterocycles. The van der Waals surface area contributed by atoms with Crippen LogP contribution < -0.4 is 10.5 Å². The molecule has 0 N–H and O–H groups in total. The number of nitrogens with zero attached hydrogens (tertiary/aromatic N) is 6. The molecule has 3 aromatic heterocycles. The van der Waals surface area contributed by atoms with Crippen molar-refractivity contribution in [2.45, 2.75) is 26.3 Å². The predicted octanol–water partition coefficient (Wildman–Crippen LogP) is 2.32. The number of hydrogen-bond donors (Lipinski definition) is 0. The summed E-state index contributed by atoms with van der Waals surface area (Å²) in [5.41, 5.74) is 2.63. The molecule has 0 bridgehead atoms. The van der Waals surface area contributed by atoms with E-state index in [9.17, 15) is 4.79 Å². The highest BCUT2D eigenvalue weighted by molar-refractivity contribution is 5.57. The maximum Gasteiger partial charge on any atom is 0.266 e. The van der Waals surface area contributed by atoms with E-state index in [1.165, 1.54) is 0 Å². The first-order chi connectivity index (χ1) is 13.2. The summed E-state index contributed by atoms with van der Waals surface area (Å²) in [7, 11) is 0. The first-order valence-electron chi connectivity index (χ1n) is 9.21. The van der Waals surface area contributed by atoms with E-state index in [4.69, 9.17) is 0 Å². The van der Waals surface area contributed by atoms with Crippen molar-refractivity contribution in [1.29, 1.82) is 0 Å². The van der Waals surface area contributed by atoms with Crippen LogP contribution in [0.2, 0.25) is 0 Å². The largest absolute Gasteiger partial charge is 0.355 e. The van der Waals surface area contributed by atoms with Crippen molar-refractivity contribution in [1.82, 2.24) is 24.7 Å². The molecule has 0 unspecified atom stereocenters. The van der Waals surface area contributed by atoms with Gasteiger partial charge in [0, 0.05) is 43.7 Å². The molecule has 4 rings (SSSR count). The lowest BCUT2D eigenvalue weighted by atomic mass is 9.97. The Kier molecular flexibility index (Phi) is 4.91. The average Bonchev–Trinajstić information content (AvgIpc) is 2.71. The van der Waals surface area contributed by atoms with E-state index >= 15 is 0 Å². The monoisotopic (exact) mass is 362 g/mol. The molecule has 27 heavy (non-hydrogen) atoms. The summed E-state index contributed by atoms with van der Waals surface area (Å²) in [6.45, 7) is 4.42. The van der Waals surface area contributed by atoms with E-state index in [0.29, 0.717) is 12.5 Å². The molecular weight excluding hydrogens is 340 g/mol. The summed E-state index contributed by atoms with van der Waals surface area (Å²) >= 11 is 0. The van der Waals surface area contributed by atoms with Crippen molar-refractivity contribution >= 4 is 5.82 Å². The second-order valence-corrected chi connectivity index (χ2v) is 6.92. The smallest absolute Gasteiger partial charge is 0.266 e. The summed E-state index contributed by atoms with van der Waals surface area (Å²) in [5, 5.41) is 4.56. The standard InChI is InChI=1S/C20H22N6O/c1-15-12-23-19(13-22-15)25-10-6-16(7-11-25)14-26-20(27)3-2-18(24-26)17-4-8-21-9-5-17/h2-5,8-9,12-13,16H,6-7,10-11,14H2,1H3. The molecule has 0 radical (unpaired) electrons. The van der Waals surface area contributed by atoms with Gasteiger partial charge in [-0.05, 0) is 43.9 Å². The minimum Gasteiger partial charge on any atom is -0.355 e. The van der Waals surface area contributed by atoms with Crippen molar-refractivity contribution in [3.63, 3.8) is 0 Å². The molecule has 4 heterocycles. The Morgan fingerprint density at radius 3 is 2.52 bits per heavy atom. The van der Waals surface area contributed by atoms with Gasteiger partial charge in [-0.25, -0.2) is 9.67 Å². The van der Waals surface area contributed by atoms with Gasteiger partial charge in [0.25, 0.3) is 5.56 Å². The Morgan fingerprint density at radius 2 is 1.81 bits per heavy atom. The van der Waals surface area contributed by atoms with Crippen molar-refractivity contribution < 1.29 is 0 Å². The SMILES string of the molecule is Cc1cnc(N2CCC(Cn3nc(-c4ccncc4)ccc3=O)CC2)cn1. The van der Waals surface area contributed by atoms with Crippen molar-refractivity contribution in [3.05, 3.63) is 65.1 Å². The van der Waals surface area contributed by atoms with Gasteiger partial charge in [-0.3, -0.25) is 14.8 Å². The Balaban J connectivity index is 1.43. The van der Waals surface area contributed by atoms with Crippen LogP contribution in [-0.4, -0.2) is 37.8 Å². The molecule has 1 aliphatic heterocycles. The van der Waals surface area contributed by atoms with Crippen molar-refractivity contribution in [3.8, 4) is 11.3 Å². The summed E-state index contributed by atoms with van der Waals surface area (Å²) in [6, 6.07) is 7.17. The maximum absolute atomic E-state index is 12.3. The van der Waals surface area contributed by atoms with E-state index in [0.717, 1.165) is 48.7 Å². The zero-order valence-electron chi connectivity index (χ0n) is 15.3. The zero-order chi connectivity index (χ0) is 18.6. The van der Waals surface area contributed by atoms with Crippen LogP contribution in [0.4, 0.5) is 5.82 Å². The Bertz CT molecular complexity index is 946. The van der Waals surface area contributed by atoms with Gasteiger partial charge in [0.1, 0.15) is 5.82 Å².